The second-order valence-electron chi connectivity index (χ2n) is 4.46. The van der Waals surface area contributed by atoms with Crippen LogP contribution in [0.15, 0.2) is 24.3 Å². The molecule has 0 radical (unpaired) electrons. The van der Waals surface area contributed by atoms with Crippen molar-refractivity contribution in [2.75, 3.05) is 5.32 Å². The van der Waals surface area contributed by atoms with Gasteiger partial charge in [0, 0.05) is 10.6 Å². The summed E-state index contributed by atoms with van der Waals surface area (Å²) in [5.41, 5.74) is 2.24. The largest absolute Gasteiger partial charge is 0.321 e. The molecule has 0 atom stereocenters. The van der Waals surface area contributed by atoms with Gasteiger partial charge in [0.05, 0.1) is 4.88 Å². The van der Waals surface area contributed by atoms with Crippen LogP contribution in [0, 0.1) is 19.7 Å². The summed E-state index contributed by atoms with van der Waals surface area (Å²) in [6.45, 7) is 5.76. The number of nitrogens with one attached hydrogen (secondary N) is 1. The highest BCUT2D eigenvalue weighted by atomic mass is 32.1. The van der Waals surface area contributed by atoms with E-state index in [9.17, 15) is 9.18 Å². The van der Waals surface area contributed by atoms with E-state index < -0.39 is 0 Å². The van der Waals surface area contributed by atoms with Crippen LogP contribution >= 0.6 is 11.3 Å². The third kappa shape index (κ3) is 3.01. The van der Waals surface area contributed by atoms with E-state index in [4.69, 9.17) is 0 Å². The molecule has 0 saturated carbocycles. The van der Waals surface area contributed by atoms with Crippen molar-refractivity contribution in [2.24, 2.45) is 0 Å². The van der Waals surface area contributed by atoms with Gasteiger partial charge in [0.25, 0.3) is 5.91 Å². The average Bonchev–Trinajstić information content (AvgIpc) is 2.75. The quantitative estimate of drug-likeness (QED) is 0.889. The van der Waals surface area contributed by atoms with Crippen LogP contribution < -0.4 is 5.32 Å². The minimum Gasteiger partial charge on any atom is -0.321 e. The number of rotatable bonds is 3. The molecule has 0 unspecified atom stereocenters. The Bertz CT molecular complexity index is 619. The molecule has 0 fully saturated rings. The molecule has 0 aliphatic carbocycles. The van der Waals surface area contributed by atoms with Crippen molar-refractivity contribution in [2.45, 2.75) is 27.2 Å². The van der Waals surface area contributed by atoms with Crippen molar-refractivity contribution in [3.05, 3.63) is 51.0 Å². The zero-order valence-electron chi connectivity index (χ0n) is 11.2. The van der Waals surface area contributed by atoms with E-state index in [1.807, 2.05) is 13.0 Å². The SMILES string of the molecule is CCc1cc(C(=O)Nc2ccc(C)c(F)c2)sc1C. The van der Waals surface area contributed by atoms with Crippen molar-refractivity contribution in [3.63, 3.8) is 0 Å². The van der Waals surface area contributed by atoms with E-state index in [2.05, 4.69) is 12.2 Å². The van der Waals surface area contributed by atoms with E-state index in [0.29, 0.717) is 16.1 Å². The number of anilines is 1. The van der Waals surface area contributed by atoms with Crippen molar-refractivity contribution >= 4 is 22.9 Å². The van der Waals surface area contributed by atoms with Gasteiger partial charge in [0.2, 0.25) is 0 Å². The number of hydrogen-bond donors (Lipinski definition) is 1. The molecule has 1 aromatic heterocycles. The molecule has 1 N–H and O–H groups in total. The number of aryl methyl sites for hydroxylation is 3. The van der Waals surface area contributed by atoms with E-state index in [0.717, 1.165) is 11.3 Å². The van der Waals surface area contributed by atoms with Crippen molar-refractivity contribution in [3.8, 4) is 0 Å². The molecule has 0 bridgehead atoms. The third-order valence-corrected chi connectivity index (χ3v) is 4.15. The van der Waals surface area contributed by atoms with Crippen molar-refractivity contribution in [1.82, 2.24) is 0 Å². The van der Waals surface area contributed by atoms with E-state index in [1.54, 1.807) is 19.1 Å². The van der Waals surface area contributed by atoms with Crippen LogP contribution in [0.4, 0.5) is 10.1 Å². The molecular weight excluding hydrogens is 261 g/mol. The van der Waals surface area contributed by atoms with Gasteiger partial charge in [-0.25, -0.2) is 4.39 Å². The monoisotopic (exact) mass is 277 g/mol. The summed E-state index contributed by atoms with van der Waals surface area (Å²) in [6, 6.07) is 6.61. The van der Waals surface area contributed by atoms with Crippen LogP contribution in [0.3, 0.4) is 0 Å². The zero-order valence-corrected chi connectivity index (χ0v) is 12.0. The molecule has 0 spiro atoms. The lowest BCUT2D eigenvalue weighted by atomic mass is 10.2. The van der Waals surface area contributed by atoms with E-state index in [1.165, 1.54) is 23.0 Å². The van der Waals surface area contributed by atoms with Crippen LogP contribution in [0.1, 0.15) is 32.6 Å². The van der Waals surface area contributed by atoms with E-state index >= 15 is 0 Å². The fraction of sp³-hybridized carbons (Fsp3) is 0.267. The van der Waals surface area contributed by atoms with Crippen LogP contribution in [0.2, 0.25) is 0 Å². The molecule has 0 aliphatic heterocycles. The Kier molecular flexibility index (Phi) is 4.00. The Hall–Kier alpha value is -1.68. The minimum absolute atomic E-state index is 0.184. The highest BCUT2D eigenvalue weighted by molar-refractivity contribution is 7.14. The average molecular weight is 277 g/mol. The topological polar surface area (TPSA) is 29.1 Å². The second-order valence-corrected chi connectivity index (χ2v) is 5.72. The molecule has 0 saturated heterocycles. The van der Waals surface area contributed by atoms with Crippen molar-refractivity contribution in [1.29, 1.82) is 0 Å². The lowest BCUT2D eigenvalue weighted by Gasteiger charge is -2.04. The van der Waals surface area contributed by atoms with Crippen LogP contribution in [0.5, 0.6) is 0 Å². The summed E-state index contributed by atoms with van der Waals surface area (Å²) in [7, 11) is 0. The van der Waals surface area contributed by atoms with Gasteiger partial charge in [0.1, 0.15) is 5.82 Å². The summed E-state index contributed by atoms with van der Waals surface area (Å²) < 4.78 is 13.4. The van der Waals surface area contributed by atoms with Gasteiger partial charge in [0.15, 0.2) is 0 Å². The highest BCUT2D eigenvalue weighted by Gasteiger charge is 2.12. The fourth-order valence-electron chi connectivity index (χ4n) is 1.85. The number of carbonyl (C=O) groups is 1. The van der Waals surface area contributed by atoms with Crippen molar-refractivity contribution < 1.29 is 9.18 Å². The molecule has 0 aliphatic rings. The maximum atomic E-state index is 13.4. The molecule has 2 rings (SSSR count). The first-order chi connectivity index (χ1) is 9.01. The zero-order chi connectivity index (χ0) is 14.0. The lowest BCUT2D eigenvalue weighted by Crippen LogP contribution is -2.10. The first kappa shape index (κ1) is 13.7. The molecule has 2 aromatic rings. The molecule has 1 heterocycles. The minimum atomic E-state index is -0.311. The molecular formula is C15H16FNOS. The first-order valence-corrected chi connectivity index (χ1v) is 6.99. The van der Waals surface area contributed by atoms with Crippen LogP contribution in [-0.4, -0.2) is 5.91 Å². The van der Waals surface area contributed by atoms with Crippen LogP contribution in [0.25, 0.3) is 0 Å². The summed E-state index contributed by atoms with van der Waals surface area (Å²) in [5, 5.41) is 2.72. The van der Waals surface area contributed by atoms with Gasteiger partial charge in [-0.3, -0.25) is 4.79 Å². The second kappa shape index (κ2) is 5.53. The predicted octanol–water partition coefficient (Wildman–Crippen LogP) is 4.32. The number of benzene rings is 1. The van der Waals surface area contributed by atoms with Gasteiger partial charge in [-0.15, -0.1) is 11.3 Å². The molecule has 4 heteroatoms. The van der Waals surface area contributed by atoms with Gasteiger partial charge >= 0.3 is 0 Å². The maximum absolute atomic E-state index is 13.4. The van der Waals surface area contributed by atoms with Crippen LogP contribution in [-0.2, 0) is 6.42 Å². The number of halogens is 1. The predicted molar refractivity (Wildman–Crippen MR) is 77.5 cm³/mol. The molecule has 19 heavy (non-hydrogen) atoms. The number of amides is 1. The summed E-state index contributed by atoms with van der Waals surface area (Å²) in [6.07, 6.45) is 0.911. The number of hydrogen-bond acceptors (Lipinski definition) is 2. The van der Waals surface area contributed by atoms with Gasteiger partial charge in [-0.2, -0.15) is 0 Å². The lowest BCUT2D eigenvalue weighted by molar-refractivity contribution is 0.103. The number of thiophene rings is 1. The molecule has 2 nitrogen and oxygen atoms in total. The Morgan fingerprint density at radius 3 is 2.63 bits per heavy atom. The Labute approximate surface area is 116 Å². The third-order valence-electron chi connectivity index (χ3n) is 3.05. The summed E-state index contributed by atoms with van der Waals surface area (Å²) >= 11 is 1.47. The number of carbonyl (C=O) groups excluding carboxylic acids is 1. The molecule has 100 valence electrons. The first-order valence-electron chi connectivity index (χ1n) is 6.18. The Morgan fingerprint density at radius 1 is 1.32 bits per heavy atom. The van der Waals surface area contributed by atoms with Gasteiger partial charge < -0.3 is 5.32 Å². The van der Waals surface area contributed by atoms with Gasteiger partial charge in [-0.05, 0) is 49.6 Å². The fourth-order valence-corrected chi connectivity index (χ4v) is 2.86. The standard InChI is InChI=1S/C15H16FNOS/c1-4-11-7-14(19-10(11)3)15(18)17-12-6-5-9(2)13(16)8-12/h5-8H,4H2,1-3H3,(H,17,18). The smallest absolute Gasteiger partial charge is 0.265 e. The Morgan fingerprint density at radius 2 is 2.05 bits per heavy atom. The Balaban J connectivity index is 2.18. The van der Waals surface area contributed by atoms with Gasteiger partial charge in [-0.1, -0.05) is 13.0 Å². The summed E-state index contributed by atoms with van der Waals surface area (Å²) in [5.74, 6) is -0.495. The maximum Gasteiger partial charge on any atom is 0.265 e. The highest BCUT2D eigenvalue weighted by Crippen LogP contribution is 2.23. The van der Waals surface area contributed by atoms with E-state index in [-0.39, 0.29) is 11.7 Å². The normalized spacial score (nSPS) is 10.5. The summed E-state index contributed by atoms with van der Waals surface area (Å²) in [4.78, 5) is 13.9. The molecule has 1 aromatic carbocycles. The molecule has 1 amide bonds.